The van der Waals surface area contributed by atoms with Gasteiger partial charge in [-0.05, 0) is 42.6 Å². The number of nitrogens with one attached hydrogen (secondary N) is 1. The Bertz CT molecular complexity index is 540. The molecule has 3 heteroatoms. The third-order valence-corrected chi connectivity index (χ3v) is 4.10. The highest BCUT2D eigenvalue weighted by Crippen LogP contribution is 2.25. The topological polar surface area (TPSA) is 12.0 Å². The molecule has 0 aliphatic rings. The molecule has 2 rings (SSSR count). The third-order valence-electron chi connectivity index (χ3n) is 3.36. The molecule has 0 heterocycles. The van der Waals surface area contributed by atoms with E-state index in [9.17, 15) is 0 Å². The zero-order valence-corrected chi connectivity index (χ0v) is 13.1. The van der Waals surface area contributed by atoms with Crippen LogP contribution in [0.1, 0.15) is 30.5 Å². The van der Waals surface area contributed by atoms with Crippen molar-refractivity contribution in [1.82, 2.24) is 5.32 Å². The molecule has 0 aliphatic heterocycles. The summed E-state index contributed by atoms with van der Waals surface area (Å²) in [5.74, 6) is 0. The average Bonchev–Trinajstić information content (AvgIpc) is 2.48. The molecule has 2 aromatic rings. The van der Waals surface area contributed by atoms with Gasteiger partial charge in [-0.2, -0.15) is 0 Å². The number of aryl methyl sites for hydroxylation is 1. The van der Waals surface area contributed by atoms with E-state index >= 15 is 0 Å². The van der Waals surface area contributed by atoms with Crippen LogP contribution in [0.25, 0.3) is 0 Å². The van der Waals surface area contributed by atoms with Gasteiger partial charge in [-0.25, -0.2) is 0 Å². The minimum Gasteiger partial charge on any atom is -0.310 e. The van der Waals surface area contributed by atoms with Gasteiger partial charge in [0.05, 0.1) is 10.0 Å². The van der Waals surface area contributed by atoms with Gasteiger partial charge >= 0.3 is 0 Å². The van der Waals surface area contributed by atoms with E-state index in [4.69, 9.17) is 23.2 Å². The molecule has 0 fully saturated rings. The summed E-state index contributed by atoms with van der Waals surface area (Å²) in [5, 5.41) is 4.78. The molecule has 0 aromatic heterocycles. The Labute approximate surface area is 130 Å². The average molecular weight is 308 g/mol. The van der Waals surface area contributed by atoms with Gasteiger partial charge in [-0.1, -0.05) is 66.5 Å². The largest absolute Gasteiger partial charge is 0.310 e. The maximum absolute atomic E-state index is 6.06. The Morgan fingerprint density at radius 1 is 1.00 bits per heavy atom. The first kappa shape index (κ1) is 15.4. The highest BCUT2D eigenvalue weighted by molar-refractivity contribution is 6.42. The number of hydrogen-bond donors (Lipinski definition) is 1. The van der Waals surface area contributed by atoms with Crippen LogP contribution in [0.2, 0.25) is 10.0 Å². The molecule has 0 aliphatic carbocycles. The summed E-state index contributed by atoms with van der Waals surface area (Å²) < 4.78 is 0. The molecule has 2 aromatic carbocycles. The molecule has 0 spiro atoms. The Morgan fingerprint density at radius 2 is 1.75 bits per heavy atom. The van der Waals surface area contributed by atoms with E-state index in [0.29, 0.717) is 16.1 Å². The summed E-state index contributed by atoms with van der Waals surface area (Å²) in [5.41, 5.74) is 2.55. The molecule has 1 N–H and O–H groups in total. The van der Waals surface area contributed by atoms with Crippen molar-refractivity contribution in [2.45, 2.75) is 25.8 Å². The second-order valence-corrected chi connectivity index (χ2v) is 5.62. The van der Waals surface area contributed by atoms with Crippen molar-refractivity contribution < 1.29 is 0 Å². The number of hydrogen-bond acceptors (Lipinski definition) is 1. The molecular formula is C17H19Cl2N. The summed E-state index contributed by atoms with van der Waals surface area (Å²) in [6.45, 7) is 3.09. The van der Waals surface area contributed by atoms with E-state index in [2.05, 4.69) is 36.5 Å². The minimum absolute atomic E-state index is 0.371. The Morgan fingerprint density at radius 3 is 2.40 bits per heavy atom. The third kappa shape index (κ3) is 4.24. The quantitative estimate of drug-likeness (QED) is 0.766. The van der Waals surface area contributed by atoms with Gasteiger partial charge in [0, 0.05) is 6.04 Å². The standard InChI is InChI=1S/C17H19Cl2N/c1-2-20-17(14-6-4-3-5-7-14)11-9-13-8-10-15(18)16(19)12-13/h3-8,10,12,17,20H,2,9,11H2,1H3. The molecule has 0 radical (unpaired) electrons. The molecule has 0 bridgehead atoms. The lowest BCUT2D eigenvalue weighted by Crippen LogP contribution is -2.21. The van der Waals surface area contributed by atoms with Gasteiger partial charge in [0.2, 0.25) is 0 Å². The molecule has 20 heavy (non-hydrogen) atoms. The van der Waals surface area contributed by atoms with Crippen LogP contribution in [0.5, 0.6) is 0 Å². The highest BCUT2D eigenvalue weighted by Gasteiger charge is 2.10. The van der Waals surface area contributed by atoms with Crippen LogP contribution in [0, 0.1) is 0 Å². The summed E-state index contributed by atoms with van der Waals surface area (Å²) >= 11 is 12.0. The fourth-order valence-corrected chi connectivity index (χ4v) is 2.65. The predicted molar refractivity (Wildman–Crippen MR) is 87.6 cm³/mol. The van der Waals surface area contributed by atoms with Crippen molar-refractivity contribution in [3.63, 3.8) is 0 Å². The van der Waals surface area contributed by atoms with Crippen molar-refractivity contribution >= 4 is 23.2 Å². The summed E-state index contributed by atoms with van der Waals surface area (Å²) in [4.78, 5) is 0. The minimum atomic E-state index is 0.371. The van der Waals surface area contributed by atoms with Crippen LogP contribution in [0.4, 0.5) is 0 Å². The lowest BCUT2D eigenvalue weighted by molar-refractivity contribution is 0.515. The molecule has 1 nitrogen and oxygen atoms in total. The summed E-state index contributed by atoms with van der Waals surface area (Å²) in [6.07, 6.45) is 2.01. The van der Waals surface area contributed by atoms with Gasteiger partial charge < -0.3 is 5.32 Å². The fraction of sp³-hybridized carbons (Fsp3) is 0.294. The van der Waals surface area contributed by atoms with E-state index < -0.39 is 0 Å². The fourth-order valence-electron chi connectivity index (χ4n) is 2.32. The van der Waals surface area contributed by atoms with Gasteiger partial charge in [-0.15, -0.1) is 0 Å². The Balaban J connectivity index is 2.03. The SMILES string of the molecule is CCNC(CCc1ccc(Cl)c(Cl)c1)c1ccccc1. The van der Waals surface area contributed by atoms with Crippen LogP contribution in [-0.4, -0.2) is 6.54 Å². The first-order valence-electron chi connectivity index (χ1n) is 6.93. The smallest absolute Gasteiger partial charge is 0.0595 e. The summed E-state index contributed by atoms with van der Waals surface area (Å²) in [7, 11) is 0. The summed E-state index contributed by atoms with van der Waals surface area (Å²) in [6, 6.07) is 16.8. The van der Waals surface area contributed by atoms with Crippen LogP contribution >= 0.6 is 23.2 Å². The molecule has 106 valence electrons. The Kier molecular flexibility index (Phi) is 5.90. The van der Waals surface area contributed by atoms with E-state index in [-0.39, 0.29) is 0 Å². The highest BCUT2D eigenvalue weighted by atomic mass is 35.5. The molecule has 1 unspecified atom stereocenters. The van der Waals surface area contributed by atoms with Crippen molar-refractivity contribution in [1.29, 1.82) is 0 Å². The van der Waals surface area contributed by atoms with Crippen LogP contribution < -0.4 is 5.32 Å². The number of halogens is 2. The van der Waals surface area contributed by atoms with E-state index in [1.807, 2.05) is 24.3 Å². The van der Waals surface area contributed by atoms with Gasteiger partial charge in [0.1, 0.15) is 0 Å². The zero-order valence-electron chi connectivity index (χ0n) is 11.6. The lowest BCUT2D eigenvalue weighted by atomic mass is 9.99. The van der Waals surface area contributed by atoms with Crippen molar-refractivity contribution in [2.24, 2.45) is 0 Å². The predicted octanol–water partition coefficient (Wildman–Crippen LogP) is 5.28. The first-order valence-corrected chi connectivity index (χ1v) is 7.68. The molecule has 0 amide bonds. The number of rotatable bonds is 6. The van der Waals surface area contributed by atoms with Crippen LogP contribution in [-0.2, 0) is 6.42 Å². The molecular weight excluding hydrogens is 289 g/mol. The second kappa shape index (κ2) is 7.68. The van der Waals surface area contributed by atoms with E-state index in [0.717, 1.165) is 19.4 Å². The van der Waals surface area contributed by atoms with Crippen molar-refractivity contribution in [3.8, 4) is 0 Å². The van der Waals surface area contributed by atoms with Crippen LogP contribution in [0.3, 0.4) is 0 Å². The Hall–Kier alpha value is -1.02. The first-order chi connectivity index (χ1) is 9.70. The van der Waals surface area contributed by atoms with Gasteiger partial charge in [0.25, 0.3) is 0 Å². The molecule has 0 saturated heterocycles. The normalized spacial score (nSPS) is 12.3. The maximum atomic E-state index is 6.06. The van der Waals surface area contributed by atoms with Crippen molar-refractivity contribution in [2.75, 3.05) is 6.54 Å². The molecule has 1 atom stereocenters. The van der Waals surface area contributed by atoms with E-state index in [1.165, 1.54) is 11.1 Å². The second-order valence-electron chi connectivity index (χ2n) is 4.81. The maximum Gasteiger partial charge on any atom is 0.0595 e. The molecule has 0 saturated carbocycles. The van der Waals surface area contributed by atoms with E-state index in [1.54, 1.807) is 0 Å². The van der Waals surface area contributed by atoms with Gasteiger partial charge in [0.15, 0.2) is 0 Å². The monoisotopic (exact) mass is 307 g/mol. The zero-order chi connectivity index (χ0) is 14.4. The number of benzene rings is 2. The van der Waals surface area contributed by atoms with Crippen LogP contribution in [0.15, 0.2) is 48.5 Å². The van der Waals surface area contributed by atoms with Gasteiger partial charge in [-0.3, -0.25) is 0 Å². The van der Waals surface area contributed by atoms with Crippen molar-refractivity contribution in [3.05, 3.63) is 69.7 Å². The lowest BCUT2D eigenvalue weighted by Gasteiger charge is -2.18.